The van der Waals surface area contributed by atoms with Gasteiger partial charge >= 0.3 is 0 Å². The van der Waals surface area contributed by atoms with E-state index in [0.29, 0.717) is 19.3 Å². The van der Waals surface area contributed by atoms with Crippen LogP contribution in [0.25, 0.3) is 0 Å². The molecule has 0 fully saturated rings. The molecule has 1 rings (SSSR count). The predicted molar refractivity (Wildman–Crippen MR) is 105 cm³/mol. The molecule has 0 aliphatic rings. The van der Waals surface area contributed by atoms with Crippen molar-refractivity contribution in [3.8, 4) is 0 Å². The summed E-state index contributed by atoms with van der Waals surface area (Å²) in [6, 6.07) is 3.24. The van der Waals surface area contributed by atoms with Crippen molar-refractivity contribution in [2.75, 3.05) is 18.8 Å². The van der Waals surface area contributed by atoms with E-state index in [1.54, 1.807) is 13.0 Å². The molecule has 0 aromatic carbocycles. The molecule has 0 spiro atoms. The van der Waals surface area contributed by atoms with E-state index in [0.717, 1.165) is 16.2 Å². The van der Waals surface area contributed by atoms with Crippen molar-refractivity contribution < 1.29 is 16.8 Å². The second kappa shape index (κ2) is 10.2. The molecule has 25 heavy (non-hydrogen) atoms. The molecule has 1 aromatic heterocycles. The molecule has 4 N–H and O–H groups in total. The van der Waals surface area contributed by atoms with Gasteiger partial charge in [0.1, 0.15) is 4.21 Å². The molecule has 1 heterocycles. The minimum atomic E-state index is -3.60. The van der Waals surface area contributed by atoms with E-state index in [4.69, 9.17) is 5.73 Å². The van der Waals surface area contributed by atoms with Crippen LogP contribution < -0.4 is 15.2 Å². The van der Waals surface area contributed by atoms with Crippen LogP contribution >= 0.6 is 23.7 Å². The number of hydrogen-bond acceptors (Lipinski definition) is 6. The highest BCUT2D eigenvalue weighted by Gasteiger charge is 2.24. The van der Waals surface area contributed by atoms with Gasteiger partial charge in [0.25, 0.3) is 0 Å². The normalized spacial score (nSPS) is 12.8. The van der Waals surface area contributed by atoms with Gasteiger partial charge in [-0.1, -0.05) is 13.8 Å². The van der Waals surface area contributed by atoms with E-state index < -0.39 is 25.6 Å². The van der Waals surface area contributed by atoms with Crippen molar-refractivity contribution in [1.82, 2.24) is 9.44 Å². The lowest BCUT2D eigenvalue weighted by molar-refractivity contribution is 0.392. The fourth-order valence-electron chi connectivity index (χ4n) is 1.88. The van der Waals surface area contributed by atoms with Gasteiger partial charge in [-0.3, -0.25) is 0 Å². The van der Waals surface area contributed by atoms with E-state index in [2.05, 4.69) is 9.44 Å². The lowest BCUT2D eigenvalue weighted by Gasteiger charge is -2.26. The summed E-state index contributed by atoms with van der Waals surface area (Å²) in [6.45, 7) is 5.86. The fourth-order valence-corrected chi connectivity index (χ4v) is 5.03. The van der Waals surface area contributed by atoms with Crippen molar-refractivity contribution in [3.63, 3.8) is 0 Å². The molecule has 7 nitrogen and oxygen atoms in total. The van der Waals surface area contributed by atoms with Gasteiger partial charge in [0.05, 0.1) is 5.75 Å². The smallest absolute Gasteiger partial charge is 0.250 e. The molecule has 0 radical (unpaired) electrons. The fraction of sp³-hybridized carbons (Fsp3) is 0.714. The molecule has 0 aliphatic carbocycles. The summed E-state index contributed by atoms with van der Waals surface area (Å²) in [5.74, 6) is 0.0245. The first kappa shape index (κ1) is 24.8. The third kappa shape index (κ3) is 7.90. The molecule has 0 unspecified atom stereocenters. The Morgan fingerprint density at radius 2 is 1.68 bits per heavy atom. The standard InChI is InChI=1S/C14H27N3O4S3.ClH/c1-4-14(15,5-2)11-17-24(20,21)13-8-7-12(22-13)9-10-16-23(18,19)6-3;/h7-8,16-17H,4-6,9-11,15H2,1-3H3;1H. The van der Waals surface area contributed by atoms with Gasteiger partial charge < -0.3 is 5.73 Å². The number of nitrogens with two attached hydrogens (primary N) is 1. The maximum atomic E-state index is 12.3. The highest BCUT2D eigenvalue weighted by atomic mass is 35.5. The van der Waals surface area contributed by atoms with Crippen molar-refractivity contribution in [2.45, 2.75) is 49.8 Å². The van der Waals surface area contributed by atoms with E-state index in [-0.39, 0.29) is 35.5 Å². The molecule has 0 bridgehead atoms. The van der Waals surface area contributed by atoms with Crippen LogP contribution in [0.1, 0.15) is 38.5 Å². The molecule has 11 heteroatoms. The minimum absolute atomic E-state index is 0. The second-order valence-corrected chi connectivity index (χ2v) is 10.9. The van der Waals surface area contributed by atoms with Gasteiger partial charge in [0, 0.05) is 23.5 Å². The quantitative estimate of drug-likeness (QED) is 0.488. The predicted octanol–water partition coefficient (Wildman–Crippen LogP) is 1.45. The number of halogens is 1. The molecule has 1 aromatic rings. The van der Waals surface area contributed by atoms with Crippen LogP contribution in [-0.2, 0) is 26.5 Å². The van der Waals surface area contributed by atoms with E-state index in [1.807, 2.05) is 13.8 Å². The lowest BCUT2D eigenvalue weighted by Crippen LogP contribution is -2.49. The summed E-state index contributed by atoms with van der Waals surface area (Å²) < 4.78 is 52.6. The Bertz CT molecular complexity index is 728. The SMILES string of the molecule is CCC(N)(CC)CNS(=O)(=O)c1ccc(CCNS(=O)(=O)CC)s1.Cl. The molecule has 0 saturated carbocycles. The molecule has 0 atom stereocenters. The summed E-state index contributed by atoms with van der Waals surface area (Å²) >= 11 is 1.14. The monoisotopic (exact) mass is 433 g/mol. The molecule has 0 aliphatic heterocycles. The zero-order chi connectivity index (χ0) is 18.4. The maximum Gasteiger partial charge on any atom is 0.250 e. The van der Waals surface area contributed by atoms with Gasteiger partial charge in [0.2, 0.25) is 20.0 Å². The average Bonchev–Trinajstić information content (AvgIpc) is 3.02. The zero-order valence-electron chi connectivity index (χ0n) is 14.7. The van der Waals surface area contributed by atoms with Crippen LogP contribution in [0.3, 0.4) is 0 Å². The first-order chi connectivity index (χ1) is 11.1. The van der Waals surface area contributed by atoms with Crippen LogP contribution in [0, 0.1) is 0 Å². The van der Waals surface area contributed by atoms with E-state index in [1.165, 1.54) is 6.07 Å². The van der Waals surface area contributed by atoms with Crippen molar-refractivity contribution in [3.05, 3.63) is 17.0 Å². The van der Waals surface area contributed by atoms with Crippen LogP contribution in [0.5, 0.6) is 0 Å². The largest absolute Gasteiger partial charge is 0.324 e. The summed E-state index contributed by atoms with van der Waals surface area (Å²) in [7, 11) is -6.83. The lowest BCUT2D eigenvalue weighted by atomic mass is 9.95. The molecule has 148 valence electrons. The third-order valence-electron chi connectivity index (χ3n) is 4.00. The van der Waals surface area contributed by atoms with E-state index in [9.17, 15) is 16.8 Å². The minimum Gasteiger partial charge on any atom is -0.324 e. The number of rotatable bonds is 11. The van der Waals surface area contributed by atoms with Crippen molar-refractivity contribution in [1.29, 1.82) is 0 Å². The Kier molecular flexibility index (Phi) is 10.1. The third-order valence-corrected chi connectivity index (χ3v) is 8.44. The Morgan fingerprint density at radius 3 is 2.20 bits per heavy atom. The van der Waals surface area contributed by atoms with Crippen LogP contribution in [-0.4, -0.2) is 41.2 Å². The number of nitrogens with one attached hydrogen (secondary N) is 2. The first-order valence-electron chi connectivity index (χ1n) is 7.92. The van der Waals surface area contributed by atoms with E-state index >= 15 is 0 Å². The Hall–Kier alpha value is -0.230. The highest BCUT2D eigenvalue weighted by Crippen LogP contribution is 2.22. The number of hydrogen-bond donors (Lipinski definition) is 3. The van der Waals surface area contributed by atoms with Crippen LogP contribution in [0.4, 0.5) is 0 Å². The molecular formula is C14H28ClN3O4S3. The van der Waals surface area contributed by atoms with Gasteiger partial charge in [-0.2, -0.15) is 0 Å². The van der Waals surface area contributed by atoms with Gasteiger partial charge in [-0.25, -0.2) is 26.3 Å². The Morgan fingerprint density at radius 1 is 1.08 bits per heavy atom. The zero-order valence-corrected chi connectivity index (χ0v) is 18.0. The molecule has 0 saturated heterocycles. The summed E-state index contributed by atoms with van der Waals surface area (Å²) in [5.41, 5.74) is 5.57. The first-order valence-corrected chi connectivity index (χ1v) is 11.9. The topological polar surface area (TPSA) is 118 Å². The highest BCUT2D eigenvalue weighted by molar-refractivity contribution is 7.91. The summed E-state index contributed by atoms with van der Waals surface area (Å²) in [4.78, 5) is 0.805. The summed E-state index contributed by atoms with van der Waals surface area (Å²) in [6.07, 6.45) is 1.81. The number of sulfonamides is 2. The van der Waals surface area contributed by atoms with Gasteiger partial charge in [0.15, 0.2) is 0 Å². The number of thiophene rings is 1. The molecular weight excluding hydrogens is 406 g/mol. The Labute approximate surface area is 161 Å². The maximum absolute atomic E-state index is 12.3. The Balaban J connectivity index is 0.00000576. The van der Waals surface area contributed by atoms with Crippen LogP contribution in [0.15, 0.2) is 16.3 Å². The van der Waals surface area contributed by atoms with Gasteiger partial charge in [-0.15, -0.1) is 23.7 Å². The van der Waals surface area contributed by atoms with Crippen LogP contribution in [0.2, 0.25) is 0 Å². The summed E-state index contributed by atoms with van der Waals surface area (Å²) in [5, 5.41) is 0. The van der Waals surface area contributed by atoms with Crippen molar-refractivity contribution >= 4 is 43.8 Å². The average molecular weight is 434 g/mol. The van der Waals surface area contributed by atoms with Gasteiger partial charge in [-0.05, 0) is 38.3 Å². The van der Waals surface area contributed by atoms with Crippen molar-refractivity contribution in [2.24, 2.45) is 5.73 Å². The second-order valence-electron chi connectivity index (χ2n) is 5.66. The molecule has 0 amide bonds.